The van der Waals surface area contributed by atoms with Crippen molar-refractivity contribution >= 4 is 16.7 Å². The standard InChI is InChI=1S/C20H17F2N7/c1-12-3-6-18(23)29(27-12)19(24)20(21,22)16-4-5-17-13(8-16)7-14(9-25-17)15-10-26-28(2)11-15/h3-11,23-24H,1-2H3. The number of aryl methyl sites for hydroxylation is 2. The highest BCUT2D eigenvalue weighted by atomic mass is 19.3. The molecule has 0 unspecified atom stereocenters. The first-order chi connectivity index (χ1) is 13.8. The molecule has 4 rings (SSSR count). The lowest BCUT2D eigenvalue weighted by Gasteiger charge is -2.19. The fraction of sp³-hybridized carbons (Fsp3) is 0.150. The van der Waals surface area contributed by atoms with Crippen molar-refractivity contribution in [2.45, 2.75) is 12.8 Å². The van der Waals surface area contributed by atoms with E-state index in [1.54, 1.807) is 37.1 Å². The number of nitrogens with zero attached hydrogens (tertiary/aromatic N) is 5. The number of nitrogens with one attached hydrogen (secondary N) is 2. The summed E-state index contributed by atoms with van der Waals surface area (Å²) in [6, 6.07) is 8.68. The van der Waals surface area contributed by atoms with Gasteiger partial charge in [-0.25, -0.2) is 0 Å². The lowest BCUT2D eigenvalue weighted by Crippen LogP contribution is -2.39. The third-order valence-corrected chi connectivity index (χ3v) is 4.56. The van der Waals surface area contributed by atoms with Crippen LogP contribution in [0.1, 0.15) is 11.3 Å². The Morgan fingerprint density at radius 3 is 2.59 bits per heavy atom. The Morgan fingerprint density at radius 2 is 1.86 bits per heavy atom. The number of benzene rings is 1. The molecule has 146 valence electrons. The van der Waals surface area contributed by atoms with Gasteiger partial charge in [0, 0.05) is 41.5 Å². The molecule has 3 aromatic heterocycles. The molecule has 2 N–H and O–H groups in total. The maximum Gasteiger partial charge on any atom is 0.331 e. The number of fused-ring (bicyclic) bond motifs is 1. The van der Waals surface area contributed by atoms with Crippen molar-refractivity contribution in [2.24, 2.45) is 7.05 Å². The zero-order valence-electron chi connectivity index (χ0n) is 15.7. The Bertz CT molecular complexity index is 1300. The predicted octanol–water partition coefficient (Wildman–Crippen LogP) is 3.24. The molecule has 0 spiro atoms. The number of halogens is 2. The van der Waals surface area contributed by atoms with Gasteiger partial charge in [-0.3, -0.25) is 20.5 Å². The van der Waals surface area contributed by atoms with Gasteiger partial charge in [0.15, 0.2) is 5.84 Å². The van der Waals surface area contributed by atoms with E-state index in [4.69, 9.17) is 10.8 Å². The molecule has 7 nitrogen and oxygen atoms in total. The first-order valence-corrected chi connectivity index (χ1v) is 8.74. The lowest BCUT2D eigenvalue weighted by atomic mass is 10.0. The van der Waals surface area contributed by atoms with Crippen LogP contribution >= 0.6 is 0 Å². The number of alkyl halides is 2. The van der Waals surface area contributed by atoms with Crippen molar-refractivity contribution in [3.8, 4) is 11.1 Å². The van der Waals surface area contributed by atoms with Gasteiger partial charge in [0.2, 0.25) is 0 Å². The van der Waals surface area contributed by atoms with Crippen LogP contribution in [0.2, 0.25) is 0 Å². The molecule has 0 radical (unpaired) electrons. The summed E-state index contributed by atoms with van der Waals surface area (Å²) in [7, 11) is 1.79. The molecule has 0 fully saturated rings. The second-order valence-electron chi connectivity index (χ2n) is 6.73. The second-order valence-corrected chi connectivity index (χ2v) is 6.73. The smallest absolute Gasteiger partial charge is 0.283 e. The summed E-state index contributed by atoms with van der Waals surface area (Å²) >= 11 is 0. The van der Waals surface area contributed by atoms with Crippen molar-refractivity contribution in [3.63, 3.8) is 0 Å². The fourth-order valence-electron chi connectivity index (χ4n) is 3.01. The molecular weight excluding hydrogens is 376 g/mol. The van der Waals surface area contributed by atoms with E-state index in [2.05, 4.69) is 15.2 Å². The van der Waals surface area contributed by atoms with E-state index in [9.17, 15) is 0 Å². The van der Waals surface area contributed by atoms with E-state index < -0.39 is 11.8 Å². The van der Waals surface area contributed by atoms with Gasteiger partial charge in [-0.05, 0) is 37.3 Å². The van der Waals surface area contributed by atoms with E-state index in [-0.39, 0.29) is 11.1 Å². The summed E-state index contributed by atoms with van der Waals surface area (Å²) in [5.41, 5.74) is 1.92. The zero-order chi connectivity index (χ0) is 20.8. The number of hydrogen-bond donors (Lipinski definition) is 2. The van der Waals surface area contributed by atoms with Gasteiger partial charge < -0.3 is 0 Å². The molecule has 0 aliphatic rings. The summed E-state index contributed by atoms with van der Waals surface area (Å²) in [6.45, 7) is 1.61. The molecule has 0 amide bonds. The van der Waals surface area contributed by atoms with Gasteiger partial charge in [0.05, 0.1) is 17.4 Å². The van der Waals surface area contributed by atoms with Crippen LogP contribution in [0, 0.1) is 17.7 Å². The van der Waals surface area contributed by atoms with E-state index in [1.165, 1.54) is 30.3 Å². The summed E-state index contributed by atoms with van der Waals surface area (Å²) in [5, 5.41) is 24.3. The summed E-state index contributed by atoms with van der Waals surface area (Å²) in [6.07, 6.45) is 5.15. The quantitative estimate of drug-likeness (QED) is 0.413. The average Bonchev–Trinajstić information content (AvgIpc) is 3.14. The first-order valence-electron chi connectivity index (χ1n) is 8.74. The maximum absolute atomic E-state index is 15.1. The molecule has 9 heteroatoms. The third kappa shape index (κ3) is 3.31. The number of pyridine rings is 1. The second kappa shape index (κ2) is 6.69. The number of aromatic nitrogens is 5. The van der Waals surface area contributed by atoms with Gasteiger partial charge in [0.25, 0.3) is 0 Å². The average molecular weight is 393 g/mol. The van der Waals surface area contributed by atoms with Crippen LogP contribution in [0.5, 0.6) is 0 Å². The van der Waals surface area contributed by atoms with Crippen LogP contribution in [-0.2, 0) is 13.0 Å². The predicted molar refractivity (Wildman–Crippen MR) is 104 cm³/mol. The van der Waals surface area contributed by atoms with Crippen LogP contribution in [-0.4, -0.2) is 30.4 Å². The van der Waals surface area contributed by atoms with Gasteiger partial charge in [-0.2, -0.15) is 23.7 Å². The molecule has 0 bridgehead atoms. The van der Waals surface area contributed by atoms with Gasteiger partial charge in [-0.15, -0.1) is 0 Å². The minimum Gasteiger partial charge on any atom is -0.283 e. The van der Waals surface area contributed by atoms with Crippen molar-refractivity contribution in [3.05, 3.63) is 71.7 Å². The van der Waals surface area contributed by atoms with E-state index >= 15 is 8.78 Å². The Morgan fingerprint density at radius 1 is 1.07 bits per heavy atom. The fourth-order valence-corrected chi connectivity index (χ4v) is 3.01. The van der Waals surface area contributed by atoms with Crippen LogP contribution in [0.15, 0.2) is 55.0 Å². The molecule has 29 heavy (non-hydrogen) atoms. The highest BCUT2D eigenvalue weighted by molar-refractivity contribution is 5.91. The van der Waals surface area contributed by atoms with E-state index in [1.807, 2.05) is 6.20 Å². The van der Waals surface area contributed by atoms with Crippen molar-refractivity contribution in [1.29, 1.82) is 10.8 Å². The number of rotatable bonds is 3. The Balaban J connectivity index is 1.78. The topological polar surface area (TPSA) is 96.2 Å². The van der Waals surface area contributed by atoms with Crippen LogP contribution in [0.3, 0.4) is 0 Å². The zero-order valence-corrected chi connectivity index (χ0v) is 15.7. The largest absolute Gasteiger partial charge is 0.331 e. The minimum absolute atomic E-state index is 0.290. The summed E-state index contributed by atoms with van der Waals surface area (Å²) in [4.78, 5) is 4.34. The highest BCUT2D eigenvalue weighted by Gasteiger charge is 2.39. The molecule has 3 heterocycles. The normalized spacial score (nSPS) is 11.7. The van der Waals surface area contributed by atoms with Gasteiger partial charge in [0.1, 0.15) is 5.49 Å². The van der Waals surface area contributed by atoms with E-state index in [0.717, 1.165) is 11.1 Å². The molecule has 0 aliphatic heterocycles. The third-order valence-electron chi connectivity index (χ3n) is 4.56. The van der Waals surface area contributed by atoms with Crippen molar-refractivity contribution < 1.29 is 8.78 Å². The minimum atomic E-state index is -3.64. The highest BCUT2D eigenvalue weighted by Crippen LogP contribution is 2.32. The van der Waals surface area contributed by atoms with E-state index in [0.29, 0.717) is 21.3 Å². The first kappa shape index (κ1) is 18.6. The molecule has 4 aromatic rings. The summed E-state index contributed by atoms with van der Waals surface area (Å²) in [5.74, 6) is -4.72. The molecule has 0 atom stereocenters. The Labute approximate surface area is 164 Å². The van der Waals surface area contributed by atoms with Crippen LogP contribution in [0.4, 0.5) is 8.78 Å². The lowest BCUT2D eigenvalue weighted by molar-refractivity contribution is 0.0696. The van der Waals surface area contributed by atoms with Crippen LogP contribution < -0.4 is 5.49 Å². The Hall–Kier alpha value is -3.75. The Kier molecular flexibility index (Phi) is 4.30. The van der Waals surface area contributed by atoms with Gasteiger partial charge in [-0.1, -0.05) is 6.07 Å². The van der Waals surface area contributed by atoms with Crippen molar-refractivity contribution in [2.75, 3.05) is 0 Å². The molecule has 0 aliphatic carbocycles. The SMILES string of the molecule is Cc1ccc(=N)n(C(=N)C(F)(F)c2ccc3ncc(-c4cnn(C)c4)cc3c2)n1. The number of hydrogen-bond acceptors (Lipinski definition) is 5. The monoisotopic (exact) mass is 393 g/mol. The molecule has 1 aromatic carbocycles. The van der Waals surface area contributed by atoms with Crippen molar-refractivity contribution in [1.82, 2.24) is 24.5 Å². The van der Waals surface area contributed by atoms with Crippen LogP contribution in [0.25, 0.3) is 22.0 Å². The molecule has 0 saturated carbocycles. The molecular formula is C20H17F2N7. The molecule has 0 saturated heterocycles. The van der Waals surface area contributed by atoms with Gasteiger partial charge >= 0.3 is 5.92 Å². The summed E-state index contributed by atoms with van der Waals surface area (Å²) < 4.78 is 32.5. The maximum atomic E-state index is 15.1.